The Bertz CT molecular complexity index is 228. The Balaban J connectivity index is 2.04. The molecule has 1 saturated carbocycles. The van der Waals surface area contributed by atoms with Gasteiger partial charge in [-0.3, -0.25) is 5.10 Å². The monoisotopic (exact) mass is 164 g/mol. The average Bonchev–Trinajstić information content (AvgIpc) is 2.56. The molecule has 1 aromatic heterocycles. The van der Waals surface area contributed by atoms with Crippen LogP contribution in [0.5, 0.6) is 0 Å². The molecule has 12 heavy (non-hydrogen) atoms. The molecule has 0 aromatic carbocycles. The maximum Gasteiger partial charge on any atom is 0.0490 e. The molecular formula is C10H16N2. The molecule has 1 aliphatic rings. The lowest BCUT2D eigenvalue weighted by Gasteiger charge is -2.25. The summed E-state index contributed by atoms with van der Waals surface area (Å²) in [6.45, 7) is 2.35. The minimum absolute atomic E-state index is 0.747. The van der Waals surface area contributed by atoms with Gasteiger partial charge in [0.05, 0.1) is 0 Å². The SMILES string of the molecule is C[C@@H]1CCCC(c2ccn[nH]2)C1. The summed E-state index contributed by atoms with van der Waals surface area (Å²) >= 11 is 0. The van der Waals surface area contributed by atoms with Crippen molar-refractivity contribution in [1.82, 2.24) is 10.2 Å². The quantitative estimate of drug-likeness (QED) is 0.679. The fraction of sp³-hybridized carbons (Fsp3) is 0.700. The highest BCUT2D eigenvalue weighted by Gasteiger charge is 2.20. The first-order valence-corrected chi connectivity index (χ1v) is 4.85. The van der Waals surface area contributed by atoms with E-state index in [2.05, 4.69) is 23.2 Å². The van der Waals surface area contributed by atoms with Gasteiger partial charge in [-0.25, -0.2) is 0 Å². The third-order valence-electron chi connectivity index (χ3n) is 2.90. The second-order valence-electron chi connectivity index (χ2n) is 3.98. The number of hydrogen-bond acceptors (Lipinski definition) is 1. The van der Waals surface area contributed by atoms with E-state index >= 15 is 0 Å². The van der Waals surface area contributed by atoms with Crippen LogP contribution in [0.15, 0.2) is 12.3 Å². The molecule has 2 nitrogen and oxygen atoms in total. The third-order valence-corrected chi connectivity index (χ3v) is 2.90. The van der Waals surface area contributed by atoms with Crippen molar-refractivity contribution in [2.24, 2.45) is 5.92 Å². The van der Waals surface area contributed by atoms with Crippen molar-refractivity contribution in [2.75, 3.05) is 0 Å². The standard InChI is InChI=1S/C10H16N2/c1-8-3-2-4-9(7-8)10-5-6-11-12-10/h5-6,8-9H,2-4,7H2,1H3,(H,11,12)/t8-,9?/m1/s1. The van der Waals surface area contributed by atoms with Crippen LogP contribution in [0.4, 0.5) is 0 Å². The molecule has 0 spiro atoms. The molecule has 2 rings (SSSR count). The number of rotatable bonds is 1. The van der Waals surface area contributed by atoms with Crippen LogP contribution < -0.4 is 0 Å². The smallest absolute Gasteiger partial charge is 0.0490 e. The lowest BCUT2D eigenvalue weighted by atomic mass is 9.81. The van der Waals surface area contributed by atoms with Gasteiger partial charge in [0.25, 0.3) is 0 Å². The topological polar surface area (TPSA) is 28.7 Å². The zero-order chi connectivity index (χ0) is 8.39. The minimum atomic E-state index is 0.747. The maximum atomic E-state index is 4.00. The van der Waals surface area contributed by atoms with E-state index in [1.54, 1.807) is 0 Å². The molecule has 1 aromatic rings. The molecule has 0 radical (unpaired) electrons. The van der Waals surface area contributed by atoms with Crippen molar-refractivity contribution < 1.29 is 0 Å². The fourth-order valence-corrected chi connectivity index (χ4v) is 2.21. The van der Waals surface area contributed by atoms with Gasteiger partial charge in [0.15, 0.2) is 0 Å². The first-order valence-electron chi connectivity index (χ1n) is 4.85. The van der Waals surface area contributed by atoms with Gasteiger partial charge >= 0.3 is 0 Å². The predicted octanol–water partition coefficient (Wildman–Crippen LogP) is 2.70. The van der Waals surface area contributed by atoms with E-state index < -0.39 is 0 Å². The van der Waals surface area contributed by atoms with Gasteiger partial charge < -0.3 is 0 Å². The lowest BCUT2D eigenvalue weighted by Crippen LogP contribution is -2.11. The number of hydrogen-bond donors (Lipinski definition) is 1. The first-order chi connectivity index (χ1) is 5.86. The number of aromatic nitrogens is 2. The summed E-state index contributed by atoms with van der Waals surface area (Å²) in [6, 6.07) is 2.11. The molecule has 2 atom stereocenters. The Kier molecular flexibility index (Phi) is 2.15. The molecule has 1 fully saturated rings. The molecule has 2 heteroatoms. The van der Waals surface area contributed by atoms with Crippen LogP contribution in [0.25, 0.3) is 0 Å². The summed E-state index contributed by atoms with van der Waals surface area (Å²) in [6.07, 6.45) is 7.32. The van der Waals surface area contributed by atoms with Gasteiger partial charge in [0.2, 0.25) is 0 Å². The summed E-state index contributed by atoms with van der Waals surface area (Å²) in [4.78, 5) is 0. The average molecular weight is 164 g/mol. The second-order valence-corrected chi connectivity index (χ2v) is 3.98. The summed E-state index contributed by atoms with van der Waals surface area (Å²) in [5.41, 5.74) is 1.33. The molecule has 0 saturated heterocycles. The van der Waals surface area contributed by atoms with Crippen LogP contribution in [0.3, 0.4) is 0 Å². The van der Waals surface area contributed by atoms with Crippen LogP contribution in [0.1, 0.15) is 44.2 Å². The van der Waals surface area contributed by atoms with Gasteiger partial charge in [0, 0.05) is 17.8 Å². The Morgan fingerprint density at radius 2 is 2.42 bits per heavy atom. The van der Waals surface area contributed by atoms with Crippen LogP contribution >= 0.6 is 0 Å². The second kappa shape index (κ2) is 3.30. The van der Waals surface area contributed by atoms with Crippen molar-refractivity contribution in [1.29, 1.82) is 0 Å². The third kappa shape index (κ3) is 1.52. The van der Waals surface area contributed by atoms with E-state index in [1.165, 1.54) is 31.4 Å². The van der Waals surface area contributed by atoms with Crippen molar-refractivity contribution >= 4 is 0 Å². The number of H-pyrrole nitrogens is 1. The van der Waals surface area contributed by atoms with Gasteiger partial charge in [-0.15, -0.1) is 0 Å². The molecule has 1 N–H and O–H groups in total. The van der Waals surface area contributed by atoms with Gasteiger partial charge in [-0.05, 0) is 24.8 Å². The minimum Gasteiger partial charge on any atom is -0.282 e. The van der Waals surface area contributed by atoms with E-state index in [0.29, 0.717) is 0 Å². The van der Waals surface area contributed by atoms with Gasteiger partial charge in [-0.1, -0.05) is 19.8 Å². The van der Waals surface area contributed by atoms with Crippen LogP contribution in [-0.2, 0) is 0 Å². The van der Waals surface area contributed by atoms with E-state index in [-0.39, 0.29) is 0 Å². The molecule has 0 bridgehead atoms. The Labute approximate surface area is 73.4 Å². The molecular weight excluding hydrogens is 148 g/mol. The molecule has 1 heterocycles. The Morgan fingerprint density at radius 3 is 3.08 bits per heavy atom. The Hall–Kier alpha value is -0.790. The van der Waals surface area contributed by atoms with E-state index in [9.17, 15) is 0 Å². The van der Waals surface area contributed by atoms with Crippen molar-refractivity contribution in [3.63, 3.8) is 0 Å². The van der Waals surface area contributed by atoms with Crippen molar-refractivity contribution in [3.05, 3.63) is 18.0 Å². The Morgan fingerprint density at radius 1 is 1.50 bits per heavy atom. The largest absolute Gasteiger partial charge is 0.282 e. The number of nitrogens with one attached hydrogen (secondary N) is 1. The highest BCUT2D eigenvalue weighted by Crippen LogP contribution is 2.34. The molecule has 1 aliphatic carbocycles. The van der Waals surface area contributed by atoms with Gasteiger partial charge in [-0.2, -0.15) is 5.10 Å². The fourth-order valence-electron chi connectivity index (χ4n) is 2.21. The predicted molar refractivity (Wildman–Crippen MR) is 49.0 cm³/mol. The zero-order valence-corrected chi connectivity index (χ0v) is 7.59. The van der Waals surface area contributed by atoms with Crippen molar-refractivity contribution in [2.45, 2.75) is 38.5 Å². The molecule has 0 aliphatic heterocycles. The van der Waals surface area contributed by atoms with E-state index in [4.69, 9.17) is 0 Å². The molecule has 1 unspecified atom stereocenters. The first kappa shape index (κ1) is 7.84. The van der Waals surface area contributed by atoms with E-state index in [0.717, 1.165) is 11.8 Å². The number of aromatic amines is 1. The van der Waals surface area contributed by atoms with Crippen LogP contribution in [-0.4, -0.2) is 10.2 Å². The summed E-state index contributed by atoms with van der Waals surface area (Å²) < 4.78 is 0. The normalized spacial score (nSPS) is 30.4. The summed E-state index contributed by atoms with van der Waals surface area (Å²) in [5, 5.41) is 7.07. The summed E-state index contributed by atoms with van der Waals surface area (Å²) in [5.74, 6) is 1.64. The highest BCUT2D eigenvalue weighted by molar-refractivity contribution is 5.06. The van der Waals surface area contributed by atoms with Gasteiger partial charge in [0.1, 0.15) is 0 Å². The molecule has 0 amide bonds. The lowest BCUT2D eigenvalue weighted by molar-refractivity contribution is 0.340. The zero-order valence-electron chi connectivity index (χ0n) is 7.59. The van der Waals surface area contributed by atoms with E-state index in [1.807, 2.05) is 6.20 Å². The van der Waals surface area contributed by atoms with Crippen LogP contribution in [0.2, 0.25) is 0 Å². The van der Waals surface area contributed by atoms with Crippen LogP contribution in [0, 0.1) is 5.92 Å². The molecule has 66 valence electrons. The number of nitrogens with zero attached hydrogens (tertiary/aromatic N) is 1. The van der Waals surface area contributed by atoms with Crippen molar-refractivity contribution in [3.8, 4) is 0 Å². The summed E-state index contributed by atoms with van der Waals surface area (Å²) in [7, 11) is 0. The maximum absolute atomic E-state index is 4.00. The highest BCUT2D eigenvalue weighted by atomic mass is 15.1.